The van der Waals surface area contributed by atoms with Gasteiger partial charge in [0.25, 0.3) is 0 Å². The predicted molar refractivity (Wildman–Crippen MR) is 67.9 cm³/mol. The summed E-state index contributed by atoms with van der Waals surface area (Å²) in [7, 11) is 0. The Morgan fingerprint density at radius 2 is 2.00 bits per heavy atom. The Bertz CT molecular complexity index is 380. The lowest BCUT2D eigenvalue weighted by Gasteiger charge is -2.11. The second-order valence-corrected chi connectivity index (χ2v) is 5.19. The third kappa shape index (κ3) is 2.04. The van der Waals surface area contributed by atoms with Gasteiger partial charge in [0.1, 0.15) is 0 Å². The van der Waals surface area contributed by atoms with Crippen LogP contribution in [-0.2, 0) is 6.42 Å². The van der Waals surface area contributed by atoms with Crippen molar-refractivity contribution in [2.75, 3.05) is 6.54 Å². The number of benzene rings is 1. The van der Waals surface area contributed by atoms with Gasteiger partial charge in [-0.1, -0.05) is 30.3 Å². The summed E-state index contributed by atoms with van der Waals surface area (Å²) in [5.74, 6) is 1.85. The number of fused-ring (bicyclic) bond motifs is 2. The van der Waals surface area contributed by atoms with Gasteiger partial charge in [-0.3, -0.25) is 4.99 Å². The van der Waals surface area contributed by atoms with E-state index in [4.69, 9.17) is 4.99 Å². The van der Waals surface area contributed by atoms with E-state index in [0.717, 1.165) is 24.8 Å². The Balaban J connectivity index is 1.55. The molecule has 2 atom stereocenters. The van der Waals surface area contributed by atoms with Crippen LogP contribution in [0.1, 0.15) is 31.2 Å². The van der Waals surface area contributed by atoms with Crippen molar-refractivity contribution in [1.29, 1.82) is 0 Å². The van der Waals surface area contributed by atoms with E-state index in [-0.39, 0.29) is 0 Å². The third-order valence-corrected chi connectivity index (χ3v) is 4.07. The first kappa shape index (κ1) is 10.1. The highest BCUT2D eigenvalue weighted by Gasteiger charge is 2.36. The molecular weight excluding hydrogens is 194 g/mol. The number of nitrogens with zero attached hydrogens (tertiary/aromatic N) is 1. The van der Waals surface area contributed by atoms with Crippen molar-refractivity contribution in [2.45, 2.75) is 32.1 Å². The SMILES string of the molecule is c1ccc(CCN=C2CC3CCC2C3)cc1. The van der Waals surface area contributed by atoms with E-state index < -0.39 is 0 Å². The van der Waals surface area contributed by atoms with Crippen LogP contribution in [0.4, 0.5) is 0 Å². The second kappa shape index (κ2) is 4.40. The molecule has 0 aliphatic heterocycles. The summed E-state index contributed by atoms with van der Waals surface area (Å²) in [5, 5.41) is 0. The minimum Gasteiger partial charge on any atom is -0.293 e. The molecule has 0 radical (unpaired) electrons. The summed E-state index contributed by atoms with van der Waals surface area (Å²) in [5.41, 5.74) is 2.95. The fraction of sp³-hybridized carbons (Fsp3) is 0.533. The van der Waals surface area contributed by atoms with Gasteiger partial charge in [-0.05, 0) is 49.5 Å². The molecule has 2 saturated carbocycles. The Labute approximate surface area is 97.6 Å². The monoisotopic (exact) mass is 213 g/mol. The minimum atomic E-state index is 0.862. The molecule has 0 amide bonds. The van der Waals surface area contributed by atoms with E-state index in [9.17, 15) is 0 Å². The highest BCUT2D eigenvalue weighted by Crippen LogP contribution is 2.42. The predicted octanol–water partition coefficient (Wildman–Crippen LogP) is 3.49. The fourth-order valence-corrected chi connectivity index (χ4v) is 3.19. The van der Waals surface area contributed by atoms with Crippen LogP contribution < -0.4 is 0 Å². The standard InChI is InChI=1S/C15H19N/c1-2-4-12(5-3-1)8-9-16-15-11-13-6-7-14(15)10-13/h1-5,13-14H,6-11H2. The number of hydrogen-bond acceptors (Lipinski definition) is 1. The molecule has 2 aliphatic rings. The molecule has 84 valence electrons. The lowest BCUT2D eigenvalue weighted by atomic mass is 9.98. The van der Waals surface area contributed by atoms with Gasteiger partial charge in [-0.2, -0.15) is 0 Å². The average Bonchev–Trinajstić information content (AvgIpc) is 2.92. The summed E-state index contributed by atoms with van der Waals surface area (Å²) in [6, 6.07) is 10.7. The Morgan fingerprint density at radius 3 is 2.69 bits per heavy atom. The van der Waals surface area contributed by atoms with Crippen molar-refractivity contribution in [3.05, 3.63) is 35.9 Å². The molecule has 0 aromatic heterocycles. The molecule has 16 heavy (non-hydrogen) atoms. The van der Waals surface area contributed by atoms with E-state index >= 15 is 0 Å². The molecule has 0 saturated heterocycles. The van der Waals surface area contributed by atoms with Gasteiger partial charge in [0.05, 0.1) is 0 Å². The molecule has 2 fully saturated rings. The largest absolute Gasteiger partial charge is 0.293 e. The molecule has 1 heteroatoms. The summed E-state index contributed by atoms with van der Waals surface area (Å²) in [4.78, 5) is 4.82. The zero-order valence-electron chi connectivity index (χ0n) is 9.73. The molecule has 0 N–H and O–H groups in total. The molecule has 2 aliphatic carbocycles. The molecule has 2 unspecified atom stereocenters. The lowest BCUT2D eigenvalue weighted by molar-refractivity contribution is 0.591. The number of aliphatic imine (C=N–C) groups is 1. The fourth-order valence-electron chi connectivity index (χ4n) is 3.19. The highest BCUT2D eigenvalue weighted by atomic mass is 14.8. The van der Waals surface area contributed by atoms with Crippen molar-refractivity contribution < 1.29 is 0 Å². The summed E-state index contributed by atoms with van der Waals surface area (Å²) in [6.45, 7) is 0.989. The van der Waals surface area contributed by atoms with Crippen LogP contribution in [0.15, 0.2) is 35.3 Å². The van der Waals surface area contributed by atoms with Crippen LogP contribution in [0.5, 0.6) is 0 Å². The van der Waals surface area contributed by atoms with Crippen molar-refractivity contribution >= 4 is 5.71 Å². The summed E-state index contributed by atoms with van der Waals surface area (Å²) < 4.78 is 0. The smallest absolute Gasteiger partial charge is 0.0429 e. The van der Waals surface area contributed by atoms with Gasteiger partial charge in [-0.15, -0.1) is 0 Å². The van der Waals surface area contributed by atoms with Crippen LogP contribution in [0.2, 0.25) is 0 Å². The molecule has 1 aromatic rings. The molecule has 1 nitrogen and oxygen atoms in total. The first-order chi connectivity index (χ1) is 7.92. The number of rotatable bonds is 3. The van der Waals surface area contributed by atoms with E-state index in [1.807, 2.05) is 0 Å². The summed E-state index contributed by atoms with van der Waals surface area (Å²) >= 11 is 0. The van der Waals surface area contributed by atoms with Gasteiger partial charge in [0, 0.05) is 12.3 Å². The van der Waals surface area contributed by atoms with Gasteiger partial charge in [0.2, 0.25) is 0 Å². The van der Waals surface area contributed by atoms with Gasteiger partial charge in [0.15, 0.2) is 0 Å². The van der Waals surface area contributed by atoms with Gasteiger partial charge >= 0.3 is 0 Å². The van der Waals surface area contributed by atoms with Crippen LogP contribution in [0.3, 0.4) is 0 Å². The normalized spacial score (nSPS) is 30.1. The maximum atomic E-state index is 4.82. The van der Waals surface area contributed by atoms with Crippen LogP contribution in [0.25, 0.3) is 0 Å². The Kier molecular flexibility index (Phi) is 2.77. The zero-order valence-corrected chi connectivity index (χ0v) is 9.73. The molecule has 1 aromatic carbocycles. The molecule has 0 spiro atoms. The zero-order chi connectivity index (χ0) is 10.8. The van der Waals surface area contributed by atoms with Crippen molar-refractivity contribution in [2.24, 2.45) is 16.8 Å². The van der Waals surface area contributed by atoms with E-state index in [1.54, 1.807) is 0 Å². The first-order valence-corrected chi connectivity index (χ1v) is 6.49. The Hall–Kier alpha value is -1.11. The topological polar surface area (TPSA) is 12.4 Å². The molecular formula is C15H19N. The van der Waals surface area contributed by atoms with Crippen LogP contribution in [0, 0.1) is 11.8 Å². The summed E-state index contributed by atoms with van der Waals surface area (Å²) in [6.07, 6.45) is 6.71. The maximum absolute atomic E-state index is 4.82. The van der Waals surface area contributed by atoms with Crippen molar-refractivity contribution in [3.63, 3.8) is 0 Å². The van der Waals surface area contributed by atoms with Gasteiger partial charge < -0.3 is 0 Å². The van der Waals surface area contributed by atoms with E-state index in [2.05, 4.69) is 30.3 Å². The van der Waals surface area contributed by atoms with E-state index in [0.29, 0.717) is 0 Å². The van der Waals surface area contributed by atoms with Crippen LogP contribution in [-0.4, -0.2) is 12.3 Å². The van der Waals surface area contributed by atoms with Gasteiger partial charge in [-0.25, -0.2) is 0 Å². The average molecular weight is 213 g/mol. The minimum absolute atomic E-state index is 0.862. The third-order valence-electron chi connectivity index (χ3n) is 4.07. The lowest BCUT2D eigenvalue weighted by Crippen LogP contribution is -2.10. The first-order valence-electron chi connectivity index (χ1n) is 6.49. The number of hydrogen-bond donors (Lipinski definition) is 0. The van der Waals surface area contributed by atoms with Crippen molar-refractivity contribution in [3.8, 4) is 0 Å². The van der Waals surface area contributed by atoms with Crippen molar-refractivity contribution in [1.82, 2.24) is 0 Å². The molecule has 0 heterocycles. The molecule has 3 rings (SSSR count). The maximum Gasteiger partial charge on any atom is 0.0429 e. The molecule has 2 bridgehead atoms. The Morgan fingerprint density at radius 1 is 1.12 bits per heavy atom. The van der Waals surface area contributed by atoms with Crippen LogP contribution >= 0.6 is 0 Å². The second-order valence-electron chi connectivity index (χ2n) is 5.19. The quantitative estimate of drug-likeness (QED) is 0.729. The highest BCUT2D eigenvalue weighted by molar-refractivity contribution is 5.89. The van der Waals surface area contributed by atoms with E-state index in [1.165, 1.54) is 37.0 Å².